The van der Waals surface area contributed by atoms with Gasteiger partial charge in [-0.1, -0.05) is 17.7 Å². The lowest BCUT2D eigenvalue weighted by molar-refractivity contribution is 0.262. The van der Waals surface area contributed by atoms with Crippen LogP contribution in [0, 0.1) is 13.8 Å². The van der Waals surface area contributed by atoms with Crippen molar-refractivity contribution in [2.45, 2.75) is 26.3 Å². The van der Waals surface area contributed by atoms with Crippen molar-refractivity contribution in [2.75, 3.05) is 26.8 Å². The van der Waals surface area contributed by atoms with Gasteiger partial charge >= 0.3 is 0 Å². The van der Waals surface area contributed by atoms with E-state index in [1.54, 1.807) is 7.11 Å². The van der Waals surface area contributed by atoms with E-state index < -0.39 is 0 Å². The molecule has 1 aromatic rings. The smallest absolute Gasteiger partial charge is 0.125 e. The third-order valence-electron chi connectivity index (χ3n) is 2.91. The Labute approximate surface area is 109 Å². The van der Waals surface area contributed by atoms with Gasteiger partial charge < -0.3 is 20.9 Å². The van der Waals surface area contributed by atoms with Crippen LogP contribution in [-0.4, -0.2) is 38.0 Å². The summed E-state index contributed by atoms with van der Waals surface area (Å²) in [5, 5.41) is 12.1. The molecule has 0 fully saturated rings. The summed E-state index contributed by atoms with van der Waals surface area (Å²) in [4.78, 5) is 0. The minimum absolute atomic E-state index is 0.0138. The molecule has 1 atom stereocenters. The van der Waals surface area contributed by atoms with Gasteiger partial charge in [-0.2, -0.15) is 0 Å². The van der Waals surface area contributed by atoms with E-state index in [2.05, 4.69) is 31.3 Å². The molecule has 4 heteroatoms. The number of nitrogens with two attached hydrogens (primary N) is 1. The van der Waals surface area contributed by atoms with Gasteiger partial charge in [0.2, 0.25) is 0 Å². The first-order chi connectivity index (χ1) is 8.58. The van der Waals surface area contributed by atoms with Crippen molar-refractivity contribution in [3.63, 3.8) is 0 Å². The summed E-state index contributed by atoms with van der Waals surface area (Å²) in [6, 6.07) is 4.09. The van der Waals surface area contributed by atoms with Crippen LogP contribution in [0.2, 0.25) is 0 Å². The molecule has 0 spiro atoms. The maximum Gasteiger partial charge on any atom is 0.125 e. The van der Waals surface area contributed by atoms with E-state index >= 15 is 0 Å². The largest absolute Gasteiger partial charge is 0.496 e. The molecule has 102 valence electrons. The molecule has 4 N–H and O–H groups in total. The number of methoxy groups -OCH3 is 1. The number of aryl methyl sites for hydroxylation is 2. The minimum atomic E-state index is -0.189. The van der Waals surface area contributed by atoms with E-state index in [1.807, 2.05) is 0 Å². The van der Waals surface area contributed by atoms with Gasteiger partial charge in [0.05, 0.1) is 13.7 Å². The lowest BCUT2D eigenvalue weighted by Crippen LogP contribution is -2.37. The summed E-state index contributed by atoms with van der Waals surface area (Å²) < 4.78 is 5.44. The Kier molecular flexibility index (Phi) is 6.12. The molecular formula is C14H24N2O2. The molecule has 0 aliphatic carbocycles. The number of benzene rings is 1. The zero-order chi connectivity index (χ0) is 13.5. The van der Waals surface area contributed by atoms with Crippen molar-refractivity contribution in [3.05, 3.63) is 28.8 Å². The molecule has 0 amide bonds. The Morgan fingerprint density at radius 2 is 2.11 bits per heavy atom. The fraction of sp³-hybridized carbons (Fsp3) is 0.571. The van der Waals surface area contributed by atoms with Crippen molar-refractivity contribution in [3.8, 4) is 5.75 Å². The highest BCUT2D eigenvalue weighted by molar-refractivity contribution is 5.43. The highest BCUT2D eigenvalue weighted by atomic mass is 16.5. The molecule has 0 saturated carbocycles. The number of ether oxygens (including phenoxy) is 1. The van der Waals surface area contributed by atoms with Crippen LogP contribution >= 0.6 is 0 Å². The minimum Gasteiger partial charge on any atom is -0.496 e. The molecular weight excluding hydrogens is 228 g/mol. The van der Waals surface area contributed by atoms with Gasteiger partial charge in [0, 0.05) is 12.6 Å². The molecule has 1 rings (SSSR count). The standard InChI is InChI=1S/C14H24N2O2/c1-10-6-11(2)14(18-3)12(7-10)4-5-16-8-13(15)9-17/h6-7,13,16-17H,4-5,8-9,15H2,1-3H3. The predicted molar refractivity (Wildman–Crippen MR) is 74.1 cm³/mol. The molecule has 0 radical (unpaired) electrons. The number of hydrogen-bond acceptors (Lipinski definition) is 4. The average molecular weight is 252 g/mol. The number of aliphatic hydroxyl groups excluding tert-OH is 1. The van der Waals surface area contributed by atoms with Crippen LogP contribution < -0.4 is 15.8 Å². The number of rotatable bonds is 7. The lowest BCUT2D eigenvalue weighted by Gasteiger charge is -2.14. The fourth-order valence-corrected chi connectivity index (χ4v) is 2.10. The second-order valence-corrected chi connectivity index (χ2v) is 4.67. The highest BCUT2D eigenvalue weighted by Crippen LogP contribution is 2.25. The first kappa shape index (κ1) is 15.0. The zero-order valence-electron chi connectivity index (χ0n) is 11.5. The normalized spacial score (nSPS) is 12.5. The number of aliphatic hydroxyl groups is 1. The van der Waals surface area contributed by atoms with Crippen molar-refractivity contribution in [2.24, 2.45) is 5.73 Å². The monoisotopic (exact) mass is 252 g/mol. The van der Waals surface area contributed by atoms with E-state index in [1.165, 1.54) is 16.7 Å². The van der Waals surface area contributed by atoms with Gasteiger partial charge in [-0.25, -0.2) is 0 Å². The zero-order valence-corrected chi connectivity index (χ0v) is 11.5. The topological polar surface area (TPSA) is 67.5 Å². The van der Waals surface area contributed by atoms with Crippen molar-refractivity contribution in [1.82, 2.24) is 5.32 Å². The molecule has 0 saturated heterocycles. The molecule has 0 bridgehead atoms. The van der Waals surface area contributed by atoms with Crippen LogP contribution in [-0.2, 0) is 6.42 Å². The van der Waals surface area contributed by atoms with Crippen LogP contribution in [0.1, 0.15) is 16.7 Å². The Balaban J connectivity index is 2.56. The van der Waals surface area contributed by atoms with E-state index in [0.717, 1.165) is 18.7 Å². The Bertz CT molecular complexity index is 380. The molecule has 1 aromatic carbocycles. The maximum atomic E-state index is 8.82. The molecule has 1 unspecified atom stereocenters. The molecule has 0 aromatic heterocycles. The summed E-state index contributed by atoms with van der Waals surface area (Å²) in [6.07, 6.45) is 0.893. The van der Waals surface area contributed by atoms with Gasteiger partial charge in [0.15, 0.2) is 0 Å². The molecule has 18 heavy (non-hydrogen) atoms. The second kappa shape index (κ2) is 7.36. The molecule has 0 aliphatic heterocycles. The van der Waals surface area contributed by atoms with Gasteiger partial charge in [-0.3, -0.25) is 0 Å². The van der Waals surface area contributed by atoms with E-state index in [4.69, 9.17) is 15.6 Å². The van der Waals surface area contributed by atoms with Crippen molar-refractivity contribution in [1.29, 1.82) is 0 Å². The highest BCUT2D eigenvalue weighted by Gasteiger charge is 2.07. The SMILES string of the molecule is COc1c(C)cc(C)cc1CCNCC(N)CO. The van der Waals surface area contributed by atoms with Gasteiger partial charge in [0.1, 0.15) is 5.75 Å². The molecule has 4 nitrogen and oxygen atoms in total. The summed E-state index contributed by atoms with van der Waals surface area (Å²) >= 11 is 0. The molecule has 0 aliphatic rings. The van der Waals surface area contributed by atoms with Crippen LogP contribution in [0.25, 0.3) is 0 Å². The van der Waals surface area contributed by atoms with Gasteiger partial charge in [0.25, 0.3) is 0 Å². The van der Waals surface area contributed by atoms with Crippen molar-refractivity contribution >= 4 is 0 Å². The summed E-state index contributed by atoms with van der Waals surface area (Å²) in [5.74, 6) is 0.967. The Morgan fingerprint density at radius 1 is 1.39 bits per heavy atom. The number of hydrogen-bond donors (Lipinski definition) is 3. The lowest BCUT2D eigenvalue weighted by atomic mass is 10.0. The quantitative estimate of drug-likeness (QED) is 0.627. The second-order valence-electron chi connectivity index (χ2n) is 4.67. The van der Waals surface area contributed by atoms with E-state index in [-0.39, 0.29) is 12.6 Å². The third-order valence-corrected chi connectivity index (χ3v) is 2.91. The van der Waals surface area contributed by atoms with Crippen LogP contribution in [0.15, 0.2) is 12.1 Å². The Hall–Kier alpha value is -1.10. The van der Waals surface area contributed by atoms with Gasteiger partial charge in [-0.05, 0) is 37.9 Å². The fourth-order valence-electron chi connectivity index (χ4n) is 2.10. The summed E-state index contributed by atoms with van der Waals surface area (Å²) in [6.45, 7) is 5.62. The summed E-state index contributed by atoms with van der Waals surface area (Å²) in [5.41, 5.74) is 9.24. The van der Waals surface area contributed by atoms with Crippen LogP contribution in [0.4, 0.5) is 0 Å². The van der Waals surface area contributed by atoms with E-state index in [0.29, 0.717) is 6.54 Å². The average Bonchev–Trinajstić information content (AvgIpc) is 2.33. The van der Waals surface area contributed by atoms with Crippen LogP contribution in [0.5, 0.6) is 5.75 Å². The molecule has 0 heterocycles. The third kappa shape index (κ3) is 4.29. The van der Waals surface area contributed by atoms with Crippen LogP contribution in [0.3, 0.4) is 0 Å². The summed E-state index contributed by atoms with van der Waals surface area (Å²) in [7, 11) is 1.70. The van der Waals surface area contributed by atoms with Crippen molar-refractivity contribution < 1.29 is 9.84 Å². The van der Waals surface area contributed by atoms with E-state index in [9.17, 15) is 0 Å². The van der Waals surface area contributed by atoms with Gasteiger partial charge in [-0.15, -0.1) is 0 Å². The number of nitrogens with one attached hydrogen (secondary N) is 1. The maximum absolute atomic E-state index is 8.82. The first-order valence-corrected chi connectivity index (χ1v) is 6.29. The first-order valence-electron chi connectivity index (χ1n) is 6.29. The Morgan fingerprint density at radius 3 is 2.72 bits per heavy atom. The predicted octanol–water partition coefficient (Wildman–Crippen LogP) is 0.764.